The summed E-state index contributed by atoms with van der Waals surface area (Å²) in [7, 11) is 0. The predicted molar refractivity (Wildman–Crippen MR) is 175 cm³/mol. The number of nitrogens with one attached hydrogen (secondary N) is 3. The third-order valence-corrected chi connectivity index (χ3v) is 8.03. The van der Waals surface area contributed by atoms with E-state index in [-0.39, 0.29) is 61.2 Å². The number of rotatable bonds is 4. The Labute approximate surface area is 287 Å². The van der Waals surface area contributed by atoms with Crippen molar-refractivity contribution >= 4 is 35.2 Å². The molecule has 49 heavy (non-hydrogen) atoms. The zero-order chi connectivity index (χ0) is 35.7. The van der Waals surface area contributed by atoms with Crippen LogP contribution in [-0.4, -0.2) is 93.1 Å². The monoisotopic (exact) mass is 703 g/mol. The fraction of sp³-hybridized carbons (Fsp3) is 0.455. The van der Waals surface area contributed by atoms with Crippen molar-refractivity contribution in [2.75, 3.05) is 26.2 Å². The summed E-state index contributed by atoms with van der Waals surface area (Å²) < 4.78 is 35.0. The fourth-order valence-corrected chi connectivity index (χ4v) is 5.37. The van der Waals surface area contributed by atoms with Gasteiger partial charge in [0.2, 0.25) is 11.8 Å². The van der Waals surface area contributed by atoms with E-state index in [4.69, 9.17) is 16.3 Å². The van der Waals surface area contributed by atoms with Gasteiger partial charge in [0.15, 0.2) is 11.6 Å². The molecule has 3 aromatic rings. The van der Waals surface area contributed by atoms with Crippen molar-refractivity contribution in [3.8, 4) is 5.75 Å². The van der Waals surface area contributed by atoms with Crippen molar-refractivity contribution in [3.63, 3.8) is 0 Å². The van der Waals surface area contributed by atoms with Crippen LogP contribution in [-0.2, 0) is 22.6 Å². The summed E-state index contributed by atoms with van der Waals surface area (Å²) in [6.07, 6.45) is 1.44. The van der Waals surface area contributed by atoms with Crippen LogP contribution in [0.15, 0.2) is 42.6 Å². The molecule has 16 heteroatoms. The number of aromatic nitrogens is 3. The molecule has 2 aromatic carbocycles. The molecule has 264 valence electrons. The largest absolute Gasteiger partial charge is 0.492 e. The Morgan fingerprint density at radius 3 is 2.51 bits per heavy atom. The lowest BCUT2D eigenvalue weighted by atomic mass is 10.0. The number of hydrogen-bond donors (Lipinski definition) is 4. The summed E-state index contributed by atoms with van der Waals surface area (Å²) in [5, 5.41) is 26.7. The lowest BCUT2D eigenvalue weighted by molar-refractivity contribution is -0.131. The molecular weight excluding hydrogens is 664 g/mol. The molecule has 4 N–H and O–H groups in total. The van der Waals surface area contributed by atoms with Gasteiger partial charge in [0.1, 0.15) is 17.8 Å². The number of nitrogens with zero attached hydrogens (tertiary/aromatic N) is 4. The molecule has 1 aromatic heterocycles. The standard InChI is InChI=1S/C33H40ClF2N7O6/c1-19(2)15-27-31(46)37-10-13-42(33(48)22-5-7-25(35)26(36)17-22)12-9-23-18-43(41-40-23)11-4-14-49-28-8-6-21(16-24(28)34)30(45)39-29(20(3)44)32(47)38-27/h5-8,16-20,27,29,44H,4,9-15H2,1-3H3,(H,37,46)(H,38,47)(H,39,45)/t20-,27-,29+/m1/s1. The molecule has 0 saturated heterocycles. The molecule has 0 spiro atoms. The van der Waals surface area contributed by atoms with Crippen molar-refractivity contribution in [3.05, 3.63) is 76.1 Å². The van der Waals surface area contributed by atoms with Crippen LogP contribution >= 0.6 is 11.6 Å². The molecule has 0 saturated carbocycles. The van der Waals surface area contributed by atoms with Crippen LogP contribution in [0.3, 0.4) is 0 Å². The quantitative estimate of drug-likeness (QED) is 0.301. The first-order valence-corrected chi connectivity index (χ1v) is 16.3. The van der Waals surface area contributed by atoms with Gasteiger partial charge >= 0.3 is 0 Å². The van der Waals surface area contributed by atoms with Crippen molar-refractivity contribution < 1.29 is 37.8 Å². The Balaban J connectivity index is 1.59. The van der Waals surface area contributed by atoms with Crippen molar-refractivity contribution in [1.29, 1.82) is 0 Å². The zero-order valence-electron chi connectivity index (χ0n) is 27.4. The van der Waals surface area contributed by atoms with Crippen molar-refractivity contribution in [1.82, 2.24) is 35.8 Å². The molecule has 0 aliphatic carbocycles. The number of aryl methyl sites for hydroxylation is 1. The third-order valence-electron chi connectivity index (χ3n) is 7.73. The van der Waals surface area contributed by atoms with Crippen LogP contribution in [0.25, 0.3) is 0 Å². The maximum atomic E-state index is 14.0. The first-order chi connectivity index (χ1) is 23.3. The highest BCUT2D eigenvalue weighted by Gasteiger charge is 2.31. The summed E-state index contributed by atoms with van der Waals surface area (Å²) in [6.45, 7) is 5.83. The summed E-state index contributed by atoms with van der Waals surface area (Å²) in [5.41, 5.74) is 0.624. The van der Waals surface area contributed by atoms with Crippen LogP contribution in [0.5, 0.6) is 5.75 Å². The topological polar surface area (TPSA) is 168 Å². The number of aliphatic hydroxyl groups is 1. The van der Waals surface area contributed by atoms with E-state index in [1.54, 1.807) is 10.9 Å². The van der Waals surface area contributed by atoms with Gasteiger partial charge in [-0.25, -0.2) is 8.78 Å². The van der Waals surface area contributed by atoms with Gasteiger partial charge in [-0.2, -0.15) is 0 Å². The van der Waals surface area contributed by atoms with Gasteiger partial charge in [0.25, 0.3) is 11.8 Å². The van der Waals surface area contributed by atoms with E-state index in [0.717, 1.165) is 12.1 Å². The van der Waals surface area contributed by atoms with Gasteiger partial charge in [-0.3, -0.25) is 23.9 Å². The highest BCUT2D eigenvalue weighted by atomic mass is 35.5. The van der Waals surface area contributed by atoms with Crippen LogP contribution in [0.4, 0.5) is 8.78 Å². The van der Waals surface area contributed by atoms with Gasteiger partial charge in [-0.15, -0.1) is 5.10 Å². The number of halogens is 3. The maximum Gasteiger partial charge on any atom is 0.254 e. The van der Waals surface area contributed by atoms with E-state index >= 15 is 0 Å². The molecule has 4 bridgehead atoms. The van der Waals surface area contributed by atoms with Crippen LogP contribution in [0.2, 0.25) is 5.02 Å². The van der Waals surface area contributed by atoms with Crippen LogP contribution in [0.1, 0.15) is 60.0 Å². The van der Waals surface area contributed by atoms with Crippen molar-refractivity contribution in [2.24, 2.45) is 5.92 Å². The van der Waals surface area contributed by atoms with E-state index in [1.807, 2.05) is 13.8 Å². The van der Waals surface area contributed by atoms with E-state index in [1.165, 1.54) is 36.1 Å². The first kappa shape index (κ1) is 37.2. The number of fused-ring (bicyclic) bond motifs is 17. The number of hydrogen-bond acceptors (Lipinski definition) is 8. The molecule has 0 radical (unpaired) electrons. The van der Waals surface area contributed by atoms with Gasteiger partial charge in [-0.1, -0.05) is 30.7 Å². The smallest absolute Gasteiger partial charge is 0.254 e. The van der Waals surface area contributed by atoms with Crippen molar-refractivity contribution in [2.45, 2.75) is 64.8 Å². The summed E-state index contributed by atoms with van der Waals surface area (Å²) in [4.78, 5) is 54.5. The van der Waals surface area contributed by atoms with E-state index in [9.17, 15) is 33.1 Å². The second-order valence-electron chi connectivity index (χ2n) is 12.2. The molecule has 3 atom stereocenters. The maximum absolute atomic E-state index is 14.0. The second kappa shape index (κ2) is 17.2. The number of carbonyl (C=O) groups excluding carboxylic acids is 4. The molecule has 4 amide bonds. The van der Waals surface area contributed by atoms with Gasteiger partial charge in [-0.05, 0) is 55.7 Å². The Hall–Kier alpha value is -4.63. The number of ether oxygens (including phenoxy) is 1. The molecule has 5 rings (SSSR count). The van der Waals surface area contributed by atoms with E-state index in [2.05, 4.69) is 26.3 Å². The number of carbonyl (C=O) groups is 4. The molecule has 0 unspecified atom stereocenters. The highest BCUT2D eigenvalue weighted by molar-refractivity contribution is 6.32. The van der Waals surface area contributed by atoms with Crippen LogP contribution in [0, 0.1) is 17.6 Å². The predicted octanol–water partition coefficient (Wildman–Crippen LogP) is 2.50. The van der Waals surface area contributed by atoms with Gasteiger partial charge in [0, 0.05) is 56.3 Å². The SMILES string of the molecule is CC(C)C[C@H]1NC(=O)[C@H]([C@@H](C)O)NC(=O)c2ccc(c(Cl)c2)OCCCn2cc(nn2)CCN(C(=O)c2ccc(F)c(F)c2)CCNC1=O. The Morgan fingerprint density at radius 1 is 1.04 bits per heavy atom. The molecule has 2 aliphatic rings. The third kappa shape index (κ3) is 10.4. The molecule has 3 heterocycles. The summed E-state index contributed by atoms with van der Waals surface area (Å²) in [5.74, 6) is -4.57. The Morgan fingerprint density at radius 2 is 1.82 bits per heavy atom. The van der Waals surface area contributed by atoms with E-state index < -0.39 is 53.5 Å². The first-order valence-electron chi connectivity index (χ1n) is 15.9. The lowest BCUT2D eigenvalue weighted by Crippen LogP contribution is -2.57. The molecular formula is C33H40ClF2N7O6. The Kier molecular flexibility index (Phi) is 13.0. The van der Waals surface area contributed by atoms with Crippen LogP contribution < -0.4 is 20.7 Å². The van der Waals surface area contributed by atoms with Gasteiger partial charge < -0.3 is 30.7 Å². The molecule has 13 nitrogen and oxygen atoms in total. The zero-order valence-corrected chi connectivity index (χ0v) is 28.2. The van der Waals surface area contributed by atoms with E-state index in [0.29, 0.717) is 24.4 Å². The summed E-state index contributed by atoms with van der Waals surface area (Å²) >= 11 is 6.38. The lowest BCUT2D eigenvalue weighted by Gasteiger charge is -2.26. The highest BCUT2D eigenvalue weighted by Crippen LogP contribution is 2.26. The minimum absolute atomic E-state index is 0.00914. The number of aliphatic hydroxyl groups excluding tert-OH is 1. The number of benzene rings is 2. The number of amides is 4. The minimum atomic E-state index is -1.41. The fourth-order valence-electron chi connectivity index (χ4n) is 5.14. The normalized spacial score (nSPS) is 19.3. The Bertz CT molecular complexity index is 1650. The second-order valence-corrected chi connectivity index (χ2v) is 12.6. The van der Waals surface area contributed by atoms with Gasteiger partial charge in [0.05, 0.1) is 23.4 Å². The molecule has 0 fully saturated rings. The average Bonchev–Trinajstić information content (AvgIpc) is 3.51. The summed E-state index contributed by atoms with van der Waals surface area (Å²) in [6, 6.07) is 4.79. The average molecular weight is 704 g/mol. The minimum Gasteiger partial charge on any atom is -0.492 e. The molecule has 2 aliphatic heterocycles.